The number of pyridine rings is 1. The molecule has 5 nitrogen and oxygen atoms in total. The Morgan fingerprint density at radius 1 is 1.08 bits per heavy atom. The summed E-state index contributed by atoms with van der Waals surface area (Å²) in [4.78, 5) is 16.5. The summed E-state index contributed by atoms with van der Waals surface area (Å²) in [5.74, 6) is 0.346. The summed E-state index contributed by atoms with van der Waals surface area (Å²) in [7, 11) is 0. The second-order valence-electron chi connectivity index (χ2n) is 5.86. The molecule has 0 bridgehead atoms. The zero-order chi connectivity index (χ0) is 18.7. The average Bonchev–Trinajstić information content (AvgIpc) is 2.62. The highest BCUT2D eigenvalue weighted by atomic mass is 16.5. The van der Waals surface area contributed by atoms with Gasteiger partial charge in [0.05, 0.1) is 30.0 Å². The van der Waals surface area contributed by atoms with Crippen molar-refractivity contribution in [2.45, 2.75) is 20.8 Å². The Morgan fingerprint density at radius 3 is 2.54 bits per heavy atom. The number of hydrogen-bond donors (Lipinski definition) is 1. The number of fused-ring (bicyclic) bond motifs is 1. The fraction of sp³-hybridized carbons (Fsp3) is 0.238. The summed E-state index contributed by atoms with van der Waals surface area (Å²) in [5.41, 5.74) is 3.14. The average molecular weight is 351 g/mol. The smallest absolute Gasteiger partial charge is 0.336 e. The lowest BCUT2D eigenvalue weighted by atomic mass is 10.0. The highest BCUT2D eigenvalue weighted by molar-refractivity contribution is 6.04. The van der Waals surface area contributed by atoms with Crippen LogP contribution in [0.1, 0.15) is 29.8 Å². The number of benzene rings is 2. The lowest BCUT2D eigenvalue weighted by Crippen LogP contribution is -2.02. The van der Waals surface area contributed by atoms with Crippen molar-refractivity contribution in [1.82, 2.24) is 4.98 Å². The van der Waals surface area contributed by atoms with Gasteiger partial charge in [0.25, 0.3) is 0 Å². The first-order valence-electron chi connectivity index (χ1n) is 8.58. The number of carboxylic acids is 1. The molecule has 0 saturated heterocycles. The van der Waals surface area contributed by atoms with Gasteiger partial charge in [0, 0.05) is 17.0 Å². The van der Waals surface area contributed by atoms with Gasteiger partial charge in [0.2, 0.25) is 0 Å². The lowest BCUT2D eigenvalue weighted by Gasteiger charge is -2.14. The van der Waals surface area contributed by atoms with Gasteiger partial charge < -0.3 is 14.6 Å². The molecule has 0 saturated carbocycles. The molecule has 3 aromatic rings. The minimum Gasteiger partial charge on any atom is -0.494 e. The summed E-state index contributed by atoms with van der Waals surface area (Å²) < 4.78 is 11.3. The molecule has 0 radical (unpaired) electrons. The van der Waals surface area contributed by atoms with E-state index in [0.29, 0.717) is 41.3 Å². The second-order valence-corrected chi connectivity index (χ2v) is 5.86. The van der Waals surface area contributed by atoms with Gasteiger partial charge in [-0.05, 0) is 44.5 Å². The van der Waals surface area contributed by atoms with Crippen molar-refractivity contribution in [2.24, 2.45) is 0 Å². The van der Waals surface area contributed by atoms with Crippen LogP contribution in [0.3, 0.4) is 0 Å². The molecule has 134 valence electrons. The standard InChI is InChI=1S/C21H21NO4/c1-4-25-14-9-10-16(19(11-14)26-5-2)18-12-17(21(23)24)15-8-6-7-13(3)20(15)22-18/h6-12H,4-5H2,1-3H3,(H,23,24). The Hall–Kier alpha value is -3.08. The summed E-state index contributed by atoms with van der Waals surface area (Å²) >= 11 is 0. The normalized spacial score (nSPS) is 10.7. The van der Waals surface area contributed by atoms with Crippen molar-refractivity contribution in [3.63, 3.8) is 0 Å². The first-order valence-corrected chi connectivity index (χ1v) is 8.58. The molecule has 2 aromatic carbocycles. The summed E-state index contributed by atoms with van der Waals surface area (Å²) in [6.45, 7) is 6.79. The van der Waals surface area contributed by atoms with E-state index in [1.165, 1.54) is 0 Å². The van der Waals surface area contributed by atoms with Crippen molar-refractivity contribution in [1.29, 1.82) is 0 Å². The Kier molecular flexibility index (Phi) is 5.07. The molecule has 3 rings (SSSR count). The Morgan fingerprint density at radius 2 is 1.85 bits per heavy atom. The lowest BCUT2D eigenvalue weighted by molar-refractivity contribution is 0.0699. The zero-order valence-corrected chi connectivity index (χ0v) is 15.1. The maximum absolute atomic E-state index is 11.8. The number of carboxylic acid groups (broad SMARTS) is 1. The first kappa shape index (κ1) is 17.7. The largest absolute Gasteiger partial charge is 0.494 e. The van der Waals surface area contributed by atoms with E-state index in [0.717, 1.165) is 11.1 Å². The highest BCUT2D eigenvalue weighted by Gasteiger charge is 2.17. The van der Waals surface area contributed by atoms with Crippen molar-refractivity contribution < 1.29 is 19.4 Å². The minimum absolute atomic E-state index is 0.227. The van der Waals surface area contributed by atoms with Crippen LogP contribution in [0.25, 0.3) is 22.2 Å². The van der Waals surface area contributed by atoms with E-state index in [2.05, 4.69) is 0 Å². The molecule has 0 unspecified atom stereocenters. The van der Waals surface area contributed by atoms with Gasteiger partial charge in [0.15, 0.2) is 0 Å². The van der Waals surface area contributed by atoms with Crippen molar-refractivity contribution >= 4 is 16.9 Å². The van der Waals surface area contributed by atoms with E-state index in [4.69, 9.17) is 14.5 Å². The molecule has 1 aromatic heterocycles. The van der Waals surface area contributed by atoms with Gasteiger partial charge >= 0.3 is 5.97 Å². The number of aryl methyl sites for hydroxylation is 1. The van der Waals surface area contributed by atoms with E-state index in [1.807, 2.05) is 51.1 Å². The second kappa shape index (κ2) is 7.44. The molecule has 0 amide bonds. The van der Waals surface area contributed by atoms with Gasteiger partial charge in [0.1, 0.15) is 11.5 Å². The van der Waals surface area contributed by atoms with Crippen LogP contribution in [-0.4, -0.2) is 29.3 Å². The van der Waals surface area contributed by atoms with E-state index >= 15 is 0 Å². The molecule has 0 aliphatic carbocycles. The molecule has 0 spiro atoms. The fourth-order valence-corrected chi connectivity index (χ4v) is 2.95. The number of para-hydroxylation sites is 1. The molecule has 1 N–H and O–H groups in total. The number of hydrogen-bond acceptors (Lipinski definition) is 4. The fourth-order valence-electron chi connectivity index (χ4n) is 2.95. The maximum Gasteiger partial charge on any atom is 0.336 e. The van der Waals surface area contributed by atoms with Gasteiger partial charge in [-0.1, -0.05) is 18.2 Å². The molecule has 5 heteroatoms. The molecule has 0 aliphatic heterocycles. The van der Waals surface area contributed by atoms with Crippen LogP contribution in [0.5, 0.6) is 11.5 Å². The van der Waals surface area contributed by atoms with Crippen LogP contribution in [0.15, 0.2) is 42.5 Å². The molecule has 0 aliphatic rings. The third kappa shape index (κ3) is 3.33. The molecular formula is C21H21NO4. The van der Waals surface area contributed by atoms with E-state index in [-0.39, 0.29) is 5.56 Å². The van der Waals surface area contributed by atoms with Gasteiger partial charge in [-0.3, -0.25) is 0 Å². The molecular weight excluding hydrogens is 330 g/mol. The van der Waals surface area contributed by atoms with Crippen LogP contribution in [-0.2, 0) is 0 Å². The van der Waals surface area contributed by atoms with Crippen molar-refractivity contribution in [2.75, 3.05) is 13.2 Å². The maximum atomic E-state index is 11.8. The number of aromatic nitrogens is 1. The molecule has 1 heterocycles. The molecule has 26 heavy (non-hydrogen) atoms. The van der Waals surface area contributed by atoms with Crippen LogP contribution >= 0.6 is 0 Å². The highest BCUT2D eigenvalue weighted by Crippen LogP contribution is 2.35. The SMILES string of the molecule is CCOc1ccc(-c2cc(C(=O)O)c3cccc(C)c3n2)c(OCC)c1. The van der Waals surface area contributed by atoms with Gasteiger partial charge in [-0.2, -0.15) is 0 Å². The van der Waals surface area contributed by atoms with Gasteiger partial charge in [-0.25, -0.2) is 9.78 Å². The Bertz CT molecular complexity index is 966. The predicted octanol–water partition coefficient (Wildman–Crippen LogP) is 4.71. The number of rotatable bonds is 6. The number of carbonyl (C=O) groups is 1. The summed E-state index contributed by atoms with van der Waals surface area (Å²) in [5, 5.41) is 10.3. The topological polar surface area (TPSA) is 68.7 Å². The first-order chi connectivity index (χ1) is 12.5. The predicted molar refractivity (Wildman–Crippen MR) is 101 cm³/mol. The monoisotopic (exact) mass is 351 g/mol. The summed E-state index contributed by atoms with van der Waals surface area (Å²) in [6.07, 6.45) is 0. The number of aromatic carboxylic acids is 1. The minimum atomic E-state index is -0.979. The van der Waals surface area contributed by atoms with Crippen molar-refractivity contribution in [3.05, 3.63) is 53.6 Å². The third-order valence-corrected chi connectivity index (χ3v) is 4.11. The van der Waals surface area contributed by atoms with Crippen LogP contribution in [0, 0.1) is 6.92 Å². The molecule has 0 fully saturated rings. The van der Waals surface area contributed by atoms with Crippen LogP contribution in [0.2, 0.25) is 0 Å². The van der Waals surface area contributed by atoms with E-state index in [9.17, 15) is 9.90 Å². The van der Waals surface area contributed by atoms with E-state index in [1.54, 1.807) is 12.1 Å². The van der Waals surface area contributed by atoms with Crippen molar-refractivity contribution in [3.8, 4) is 22.8 Å². The third-order valence-electron chi connectivity index (χ3n) is 4.11. The Labute approximate surface area is 152 Å². The molecule has 0 atom stereocenters. The quantitative estimate of drug-likeness (QED) is 0.697. The number of nitrogens with zero attached hydrogens (tertiary/aromatic N) is 1. The van der Waals surface area contributed by atoms with Crippen LogP contribution < -0.4 is 9.47 Å². The van der Waals surface area contributed by atoms with E-state index < -0.39 is 5.97 Å². The van der Waals surface area contributed by atoms with Crippen LogP contribution in [0.4, 0.5) is 0 Å². The zero-order valence-electron chi connectivity index (χ0n) is 15.1. The Balaban J connectivity index is 2.25. The van der Waals surface area contributed by atoms with Gasteiger partial charge in [-0.15, -0.1) is 0 Å². The summed E-state index contributed by atoms with van der Waals surface area (Å²) in [6, 6.07) is 12.7. The number of ether oxygens (including phenoxy) is 2.